The molecule has 1 aliphatic heterocycles. The Kier molecular flexibility index (Phi) is 5.38. The molecule has 2 aromatic rings. The number of thiazole rings is 1. The number of hydrogen-bond acceptors (Lipinski definition) is 5. The lowest BCUT2D eigenvalue weighted by atomic mass is 9.97. The van der Waals surface area contributed by atoms with E-state index in [0.717, 1.165) is 47.5 Å². The molecule has 1 amide bonds. The number of nitrogens with zero attached hydrogens (tertiary/aromatic N) is 4. The summed E-state index contributed by atoms with van der Waals surface area (Å²) < 4.78 is 3.12. The lowest BCUT2D eigenvalue weighted by molar-refractivity contribution is -0.131. The normalized spacial score (nSPS) is 18.3. The highest BCUT2D eigenvalue weighted by atomic mass is 32.2. The van der Waals surface area contributed by atoms with Crippen molar-refractivity contribution in [3.8, 4) is 0 Å². The van der Waals surface area contributed by atoms with E-state index in [1.165, 1.54) is 0 Å². The highest BCUT2D eigenvalue weighted by molar-refractivity contribution is 8.00. The number of piperidine rings is 1. The van der Waals surface area contributed by atoms with Gasteiger partial charge in [0.1, 0.15) is 10.2 Å². The van der Waals surface area contributed by atoms with Gasteiger partial charge in [-0.25, -0.2) is 9.97 Å². The minimum absolute atomic E-state index is 0.183. The first kappa shape index (κ1) is 16.5. The van der Waals surface area contributed by atoms with Gasteiger partial charge in [0.05, 0.1) is 12.1 Å². The third-order valence-corrected chi connectivity index (χ3v) is 6.08. The van der Waals surface area contributed by atoms with E-state index in [0.29, 0.717) is 12.3 Å². The fraction of sp³-hybridized carbons (Fsp3) is 0.562. The number of amides is 1. The molecule has 0 aliphatic carbocycles. The maximum atomic E-state index is 12.6. The zero-order valence-corrected chi connectivity index (χ0v) is 15.2. The number of carbonyl (C=O) groups excluding carboxylic acids is 1. The van der Waals surface area contributed by atoms with E-state index in [1.54, 1.807) is 23.1 Å². The Morgan fingerprint density at radius 2 is 2.39 bits per heavy atom. The summed E-state index contributed by atoms with van der Waals surface area (Å²) in [6.07, 6.45) is 6.35. The molecule has 3 rings (SSSR count). The second kappa shape index (κ2) is 7.49. The van der Waals surface area contributed by atoms with Gasteiger partial charge in [-0.2, -0.15) is 0 Å². The Labute approximate surface area is 145 Å². The average Bonchev–Trinajstić information content (AvgIpc) is 3.17. The number of rotatable bonds is 5. The third kappa shape index (κ3) is 3.95. The van der Waals surface area contributed by atoms with Gasteiger partial charge < -0.3 is 9.47 Å². The minimum Gasteiger partial charge on any atom is -0.342 e. The van der Waals surface area contributed by atoms with Crippen molar-refractivity contribution in [1.82, 2.24) is 19.4 Å². The van der Waals surface area contributed by atoms with Crippen LogP contribution in [0.3, 0.4) is 0 Å². The number of thioether (sulfide) groups is 1. The van der Waals surface area contributed by atoms with Crippen LogP contribution in [0.5, 0.6) is 0 Å². The summed E-state index contributed by atoms with van der Waals surface area (Å²) in [5, 5.41) is 2.01. The van der Waals surface area contributed by atoms with Gasteiger partial charge in [-0.05, 0) is 18.6 Å². The van der Waals surface area contributed by atoms with Crippen LogP contribution in [0.4, 0.5) is 0 Å². The van der Waals surface area contributed by atoms with Crippen molar-refractivity contribution in [1.29, 1.82) is 0 Å². The van der Waals surface area contributed by atoms with Crippen LogP contribution in [0.15, 0.2) is 22.1 Å². The van der Waals surface area contributed by atoms with Gasteiger partial charge in [-0.3, -0.25) is 4.79 Å². The lowest BCUT2D eigenvalue weighted by Crippen LogP contribution is -2.40. The van der Waals surface area contributed by atoms with Gasteiger partial charge >= 0.3 is 0 Å². The van der Waals surface area contributed by atoms with Crippen molar-refractivity contribution in [3.63, 3.8) is 0 Å². The van der Waals surface area contributed by atoms with Crippen LogP contribution < -0.4 is 0 Å². The quantitative estimate of drug-likeness (QED) is 0.778. The summed E-state index contributed by atoms with van der Waals surface area (Å²) in [6, 6.07) is 0. The maximum Gasteiger partial charge on any atom is 0.228 e. The topological polar surface area (TPSA) is 51.0 Å². The molecule has 0 spiro atoms. The molecule has 7 heteroatoms. The van der Waals surface area contributed by atoms with E-state index in [-0.39, 0.29) is 5.91 Å². The number of imidazole rings is 1. The molecule has 0 N–H and O–H groups in total. The smallest absolute Gasteiger partial charge is 0.228 e. The Hall–Kier alpha value is -1.34. The van der Waals surface area contributed by atoms with Crippen molar-refractivity contribution >= 4 is 29.0 Å². The summed E-state index contributed by atoms with van der Waals surface area (Å²) in [5.74, 6) is 2.62. The first-order valence-electron chi connectivity index (χ1n) is 7.99. The maximum absolute atomic E-state index is 12.6. The number of carbonyl (C=O) groups is 1. The van der Waals surface area contributed by atoms with E-state index < -0.39 is 0 Å². The number of aryl methyl sites for hydroxylation is 1. The average molecular weight is 351 g/mol. The van der Waals surface area contributed by atoms with Gasteiger partial charge in [0.25, 0.3) is 0 Å². The molecule has 23 heavy (non-hydrogen) atoms. The molecule has 0 unspecified atom stereocenters. The van der Waals surface area contributed by atoms with Crippen LogP contribution in [0.25, 0.3) is 0 Å². The first-order valence-corrected chi connectivity index (χ1v) is 9.86. The van der Waals surface area contributed by atoms with Crippen molar-refractivity contribution in [2.75, 3.05) is 18.8 Å². The molecule has 0 radical (unpaired) electrons. The summed E-state index contributed by atoms with van der Waals surface area (Å²) in [4.78, 5) is 23.6. The Morgan fingerprint density at radius 1 is 1.52 bits per heavy atom. The fourth-order valence-corrected chi connectivity index (χ4v) is 4.75. The molecular weight excluding hydrogens is 328 g/mol. The highest BCUT2D eigenvalue weighted by Gasteiger charge is 2.27. The van der Waals surface area contributed by atoms with E-state index in [2.05, 4.69) is 21.5 Å². The zero-order valence-electron chi connectivity index (χ0n) is 13.6. The second-order valence-corrected chi connectivity index (χ2v) is 8.16. The Morgan fingerprint density at radius 3 is 3.13 bits per heavy atom. The summed E-state index contributed by atoms with van der Waals surface area (Å²) >= 11 is 3.36. The van der Waals surface area contributed by atoms with Crippen LogP contribution in [0.1, 0.15) is 37.2 Å². The SMILES string of the molecule is CCSc1nc(CC(=O)N2CCC[C@@H](c3nccn3C)C2)cs1. The second-order valence-electron chi connectivity index (χ2n) is 5.79. The van der Waals surface area contributed by atoms with Crippen molar-refractivity contribution in [2.45, 2.75) is 36.4 Å². The van der Waals surface area contributed by atoms with Gasteiger partial charge in [0, 0.05) is 43.8 Å². The van der Waals surface area contributed by atoms with Crippen LogP contribution in [0.2, 0.25) is 0 Å². The van der Waals surface area contributed by atoms with E-state index in [9.17, 15) is 4.79 Å². The summed E-state index contributed by atoms with van der Waals surface area (Å²) in [6.45, 7) is 3.73. The first-order chi connectivity index (χ1) is 11.2. The molecule has 1 fully saturated rings. The number of aromatic nitrogens is 3. The molecule has 1 aliphatic rings. The molecule has 3 heterocycles. The predicted octanol–water partition coefficient (Wildman–Crippen LogP) is 2.94. The number of hydrogen-bond donors (Lipinski definition) is 0. The Bertz CT molecular complexity index is 667. The predicted molar refractivity (Wildman–Crippen MR) is 94.0 cm³/mol. The molecule has 0 aromatic carbocycles. The van der Waals surface area contributed by atoms with E-state index in [4.69, 9.17) is 0 Å². The molecule has 0 bridgehead atoms. The van der Waals surface area contributed by atoms with Gasteiger partial charge in [-0.1, -0.05) is 18.7 Å². The molecular formula is C16H22N4OS2. The molecule has 0 saturated carbocycles. The van der Waals surface area contributed by atoms with E-state index >= 15 is 0 Å². The van der Waals surface area contributed by atoms with Gasteiger partial charge in [-0.15, -0.1) is 11.3 Å². The van der Waals surface area contributed by atoms with Crippen molar-refractivity contribution < 1.29 is 4.79 Å². The third-order valence-electron chi connectivity index (χ3n) is 4.13. The zero-order chi connectivity index (χ0) is 16.2. The largest absolute Gasteiger partial charge is 0.342 e. The van der Waals surface area contributed by atoms with Crippen LogP contribution in [0, 0.1) is 0 Å². The Balaban J connectivity index is 1.61. The van der Waals surface area contributed by atoms with Crippen LogP contribution in [-0.4, -0.2) is 44.2 Å². The van der Waals surface area contributed by atoms with E-state index in [1.807, 2.05) is 29.7 Å². The monoisotopic (exact) mass is 350 g/mol. The molecule has 1 atom stereocenters. The molecule has 124 valence electrons. The molecule has 2 aromatic heterocycles. The van der Waals surface area contributed by atoms with Gasteiger partial charge in [0.2, 0.25) is 5.91 Å². The fourth-order valence-electron chi connectivity index (χ4n) is 3.01. The van der Waals surface area contributed by atoms with Crippen molar-refractivity contribution in [2.24, 2.45) is 7.05 Å². The molecule has 1 saturated heterocycles. The van der Waals surface area contributed by atoms with Gasteiger partial charge in [0.15, 0.2) is 0 Å². The highest BCUT2D eigenvalue weighted by Crippen LogP contribution is 2.26. The lowest BCUT2D eigenvalue weighted by Gasteiger charge is -2.32. The minimum atomic E-state index is 0.183. The summed E-state index contributed by atoms with van der Waals surface area (Å²) in [5.41, 5.74) is 0.898. The number of likely N-dealkylation sites (tertiary alicyclic amines) is 1. The van der Waals surface area contributed by atoms with Crippen LogP contribution in [-0.2, 0) is 18.3 Å². The van der Waals surface area contributed by atoms with Crippen molar-refractivity contribution in [3.05, 3.63) is 29.3 Å². The molecule has 5 nitrogen and oxygen atoms in total. The summed E-state index contributed by atoms with van der Waals surface area (Å²) in [7, 11) is 2.02. The van der Waals surface area contributed by atoms with Crippen LogP contribution >= 0.6 is 23.1 Å². The standard InChI is InChI=1S/C16H22N4OS2/c1-3-22-16-18-13(11-23-16)9-14(21)20-7-4-5-12(10-20)15-17-6-8-19(15)2/h6,8,11-12H,3-5,7,9-10H2,1-2H3/t12-/m1/s1.